The minimum Gasteiger partial charge on any atom is -0.481 e. The van der Waals surface area contributed by atoms with Crippen molar-refractivity contribution in [2.45, 2.75) is 37.4 Å². The highest BCUT2D eigenvalue weighted by molar-refractivity contribution is 6.31. The number of carbonyl (C=O) groups excluding carboxylic acids is 1. The molecule has 0 bridgehead atoms. The molecule has 30 heavy (non-hydrogen) atoms. The maximum absolute atomic E-state index is 12.9. The molecule has 5 N–H and O–H groups in total. The minimum absolute atomic E-state index is 0.105. The lowest BCUT2D eigenvalue weighted by Crippen LogP contribution is -2.48. The molecule has 4 unspecified atom stereocenters. The molecule has 1 aliphatic rings. The van der Waals surface area contributed by atoms with Crippen LogP contribution in [-0.4, -0.2) is 40.8 Å². The van der Waals surface area contributed by atoms with Crippen LogP contribution in [0.1, 0.15) is 30.0 Å². The van der Waals surface area contributed by atoms with Crippen LogP contribution in [0.15, 0.2) is 54.6 Å². The summed E-state index contributed by atoms with van der Waals surface area (Å²) in [6, 6.07) is 16.0. The Morgan fingerprint density at radius 3 is 2.47 bits per heavy atom. The van der Waals surface area contributed by atoms with E-state index in [4.69, 9.17) is 11.6 Å². The summed E-state index contributed by atoms with van der Waals surface area (Å²) in [5.74, 6) is -2.24. The van der Waals surface area contributed by atoms with Gasteiger partial charge >= 0.3 is 5.97 Å². The van der Waals surface area contributed by atoms with E-state index in [2.05, 4.69) is 16.2 Å². The third kappa shape index (κ3) is 5.79. The lowest BCUT2D eigenvalue weighted by atomic mass is 9.94. The summed E-state index contributed by atoms with van der Waals surface area (Å²) >= 11 is 6.26. The van der Waals surface area contributed by atoms with Gasteiger partial charge in [0, 0.05) is 17.1 Å². The molecular weight excluding hydrogens is 406 g/mol. The molecule has 0 spiro atoms. The fourth-order valence-corrected chi connectivity index (χ4v) is 3.95. The van der Waals surface area contributed by atoms with Crippen LogP contribution in [0.3, 0.4) is 0 Å². The first kappa shape index (κ1) is 22.2. The van der Waals surface area contributed by atoms with Gasteiger partial charge in [0.2, 0.25) is 5.91 Å². The Bertz CT molecular complexity index is 864. The molecule has 0 aliphatic carbocycles. The van der Waals surface area contributed by atoms with Gasteiger partial charge in [-0.15, -0.1) is 0 Å². The maximum Gasteiger partial charge on any atom is 0.308 e. The van der Waals surface area contributed by atoms with E-state index in [-0.39, 0.29) is 18.4 Å². The maximum atomic E-state index is 12.9. The summed E-state index contributed by atoms with van der Waals surface area (Å²) in [5.41, 5.74) is 8.01. The van der Waals surface area contributed by atoms with Crippen LogP contribution in [0.4, 0.5) is 0 Å². The van der Waals surface area contributed by atoms with Gasteiger partial charge in [0.05, 0.1) is 12.5 Å². The number of carboxylic acid groups (broad SMARTS) is 1. The molecule has 7 nitrogen and oxygen atoms in total. The van der Waals surface area contributed by atoms with Crippen molar-refractivity contribution in [1.29, 1.82) is 0 Å². The van der Waals surface area contributed by atoms with Crippen molar-refractivity contribution < 1.29 is 19.8 Å². The van der Waals surface area contributed by atoms with Gasteiger partial charge in [-0.1, -0.05) is 60.1 Å². The van der Waals surface area contributed by atoms with Gasteiger partial charge in [-0.25, -0.2) is 10.9 Å². The van der Waals surface area contributed by atoms with Crippen molar-refractivity contribution in [2.75, 3.05) is 6.61 Å². The zero-order chi connectivity index (χ0) is 21.5. The molecule has 0 aromatic heterocycles. The smallest absolute Gasteiger partial charge is 0.308 e. The summed E-state index contributed by atoms with van der Waals surface area (Å²) in [5, 5.41) is 22.3. The number of aliphatic hydroxyl groups excluding tert-OH is 1. The third-order valence-corrected chi connectivity index (χ3v) is 5.65. The van der Waals surface area contributed by atoms with Crippen molar-refractivity contribution in [1.82, 2.24) is 16.2 Å². The quantitative estimate of drug-likeness (QED) is 0.415. The molecule has 1 fully saturated rings. The molecular formula is C22H26ClN3O4. The molecule has 1 heterocycles. The summed E-state index contributed by atoms with van der Waals surface area (Å²) in [6.07, 6.45) is 1.13. The Balaban J connectivity index is 1.66. The highest BCUT2D eigenvalue weighted by Crippen LogP contribution is 2.28. The van der Waals surface area contributed by atoms with E-state index in [0.29, 0.717) is 17.9 Å². The third-order valence-electron chi connectivity index (χ3n) is 5.31. The average molecular weight is 432 g/mol. The highest BCUT2D eigenvalue weighted by atomic mass is 35.5. The lowest BCUT2D eigenvalue weighted by molar-refractivity contribution is -0.143. The van der Waals surface area contributed by atoms with Gasteiger partial charge in [-0.05, 0) is 36.5 Å². The minimum atomic E-state index is -1.08. The molecule has 1 aliphatic heterocycles. The first-order valence-corrected chi connectivity index (χ1v) is 10.3. The van der Waals surface area contributed by atoms with E-state index in [1.807, 2.05) is 54.6 Å². The Kier molecular flexibility index (Phi) is 7.81. The summed E-state index contributed by atoms with van der Waals surface area (Å²) in [4.78, 5) is 24.3. The molecule has 160 valence electrons. The van der Waals surface area contributed by atoms with E-state index in [1.165, 1.54) is 0 Å². The Hall–Kier alpha value is -2.45. The standard InChI is InChI=1S/C22H26ClN3O4/c23-18-9-5-4-8-17(18)19-12-20(26-25-19)21(28)24-16(11-15(13-27)22(29)30)10-14-6-2-1-3-7-14/h1-9,15-16,19-20,25-27H,10-13H2,(H,24,28)(H,29,30). The number of amides is 1. The van der Waals surface area contributed by atoms with Crippen molar-refractivity contribution >= 4 is 23.5 Å². The largest absolute Gasteiger partial charge is 0.481 e. The van der Waals surface area contributed by atoms with Crippen LogP contribution in [0.5, 0.6) is 0 Å². The molecule has 0 radical (unpaired) electrons. The van der Waals surface area contributed by atoms with Crippen LogP contribution >= 0.6 is 11.6 Å². The van der Waals surface area contributed by atoms with E-state index in [0.717, 1.165) is 11.1 Å². The summed E-state index contributed by atoms with van der Waals surface area (Å²) < 4.78 is 0. The lowest BCUT2D eigenvalue weighted by Gasteiger charge is -2.23. The molecule has 1 saturated heterocycles. The van der Waals surface area contributed by atoms with Gasteiger partial charge in [-0.3, -0.25) is 9.59 Å². The van der Waals surface area contributed by atoms with Crippen LogP contribution in [0.2, 0.25) is 5.02 Å². The predicted molar refractivity (Wildman–Crippen MR) is 114 cm³/mol. The normalized spacial score (nSPS) is 20.5. The fourth-order valence-electron chi connectivity index (χ4n) is 3.68. The van der Waals surface area contributed by atoms with E-state index < -0.39 is 30.6 Å². The molecule has 2 aromatic rings. The summed E-state index contributed by atoms with van der Waals surface area (Å²) in [7, 11) is 0. The SMILES string of the molecule is O=C(O)C(CO)CC(Cc1ccccc1)NC(=O)C1CC(c2ccccc2Cl)NN1. The van der Waals surface area contributed by atoms with Crippen molar-refractivity contribution in [3.8, 4) is 0 Å². The molecule has 0 saturated carbocycles. The number of hydrazine groups is 1. The number of rotatable bonds is 9. The van der Waals surface area contributed by atoms with Crippen LogP contribution in [0.25, 0.3) is 0 Å². The average Bonchev–Trinajstić information content (AvgIpc) is 3.23. The van der Waals surface area contributed by atoms with Crippen molar-refractivity contribution in [3.05, 3.63) is 70.7 Å². The van der Waals surface area contributed by atoms with E-state index in [9.17, 15) is 19.8 Å². The molecule has 1 amide bonds. The van der Waals surface area contributed by atoms with E-state index >= 15 is 0 Å². The van der Waals surface area contributed by atoms with E-state index in [1.54, 1.807) is 0 Å². The second-order valence-electron chi connectivity index (χ2n) is 7.50. The molecule has 3 rings (SSSR count). The number of carboxylic acids is 1. The van der Waals surface area contributed by atoms with Crippen molar-refractivity contribution in [2.24, 2.45) is 5.92 Å². The second-order valence-corrected chi connectivity index (χ2v) is 7.91. The van der Waals surface area contributed by atoms with Gasteiger partial charge in [0.25, 0.3) is 0 Å². The van der Waals surface area contributed by atoms with Crippen molar-refractivity contribution in [3.63, 3.8) is 0 Å². The number of halogens is 1. The fraction of sp³-hybridized carbons (Fsp3) is 0.364. The highest BCUT2D eigenvalue weighted by Gasteiger charge is 2.33. The zero-order valence-corrected chi connectivity index (χ0v) is 17.2. The number of aliphatic carboxylic acids is 1. The predicted octanol–water partition coefficient (Wildman–Crippen LogP) is 2.06. The number of hydrogen-bond acceptors (Lipinski definition) is 5. The first-order chi connectivity index (χ1) is 14.5. The second kappa shape index (κ2) is 10.5. The van der Waals surface area contributed by atoms with Crippen LogP contribution in [-0.2, 0) is 16.0 Å². The Labute approximate surface area is 180 Å². The first-order valence-electron chi connectivity index (χ1n) is 9.91. The molecule has 8 heteroatoms. The Morgan fingerprint density at radius 2 is 1.80 bits per heavy atom. The monoisotopic (exact) mass is 431 g/mol. The van der Waals surface area contributed by atoms with Crippen LogP contribution in [0, 0.1) is 5.92 Å². The Morgan fingerprint density at radius 1 is 1.10 bits per heavy atom. The topological polar surface area (TPSA) is 111 Å². The number of benzene rings is 2. The number of carbonyl (C=O) groups is 2. The number of hydrogen-bond donors (Lipinski definition) is 5. The van der Waals surface area contributed by atoms with Crippen LogP contribution < -0.4 is 16.2 Å². The van der Waals surface area contributed by atoms with Gasteiger partial charge in [0.15, 0.2) is 0 Å². The number of nitrogens with one attached hydrogen (secondary N) is 3. The van der Waals surface area contributed by atoms with Gasteiger partial charge < -0.3 is 15.5 Å². The van der Waals surface area contributed by atoms with Gasteiger partial charge in [-0.2, -0.15) is 0 Å². The molecule has 2 aromatic carbocycles. The summed E-state index contributed by atoms with van der Waals surface area (Å²) in [6.45, 7) is -0.478. The number of aliphatic hydroxyl groups is 1. The van der Waals surface area contributed by atoms with Gasteiger partial charge in [0.1, 0.15) is 6.04 Å². The zero-order valence-electron chi connectivity index (χ0n) is 16.4. The molecule has 4 atom stereocenters.